The van der Waals surface area contributed by atoms with Crippen LogP contribution in [0.2, 0.25) is 0 Å². The molecule has 1 rings (SSSR count). The van der Waals surface area contributed by atoms with E-state index >= 15 is 0 Å². The SMILES string of the molecule is CCOC(=O)CNC(=O)[C@@H]1CC(C)CC[C@H]1C(C)C. The number of ether oxygens (including phenoxy) is 1. The van der Waals surface area contributed by atoms with Gasteiger partial charge in [-0.2, -0.15) is 0 Å². The summed E-state index contributed by atoms with van der Waals surface area (Å²) in [6.07, 6.45) is 3.23. The number of hydrogen-bond donors (Lipinski definition) is 1. The first-order valence-electron chi connectivity index (χ1n) is 7.39. The topological polar surface area (TPSA) is 55.4 Å². The van der Waals surface area contributed by atoms with Crippen LogP contribution < -0.4 is 5.32 Å². The van der Waals surface area contributed by atoms with Crippen LogP contribution in [0.25, 0.3) is 0 Å². The van der Waals surface area contributed by atoms with Gasteiger partial charge in [0.15, 0.2) is 0 Å². The summed E-state index contributed by atoms with van der Waals surface area (Å²) in [4.78, 5) is 23.5. The van der Waals surface area contributed by atoms with E-state index in [4.69, 9.17) is 4.74 Å². The van der Waals surface area contributed by atoms with Crippen molar-refractivity contribution in [2.24, 2.45) is 23.7 Å². The van der Waals surface area contributed by atoms with Crippen molar-refractivity contribution in [1.82, 2.24) is 5.32 Å². The fourth-order valence-electron chi connectivity index (χ4n) is 3.01. The average Bonchev–Trinajstić information content (AvgIpc) is 2.35. The molecule has 0 aliphatic heterocycles. The van der Waals surface area contributed by atoms with Gasteiger partial charge in [0, 0.05) is 5.92 Å². The molecule has 4 nitrogen and oxygen atoms in total. The minimum absolute atomic E-state index is 0.0115. The minimum atomic E-state index is -0.360. The Labute approximate surface area is 116 Å². The van der Waals surface area contributed by atoms with Gasteiger partial charge in [0.25, 0.3) is 0 Å². The van der Waals surface area contributed by atoms with Gasteiger partial charge in [-0.15, -0.1) is 0 Å². The number of rotatable bonds is 5. The second-order valence-corrected chi connectivity index (χ2v) is 5.96. The Hall–Kier alpha value is -1.06. The van der Waals surface area contributed by atoms with Crippen molar-refractivity contribution in [2.75, 3.05) is 13.2 Å². The molecular weight excluding hydrogens is 242 g/mol. The Morgan fingerprint density at radius 3 is 2.58 bits per heavy atom. The van der Waals surface area contributed by atoms with Crippen molar-refractivity contribution >= 4 is 11.9 Å². The average molecular weight is 269 g/mol. The molecule has 1 saturated carbocycles. The summed E-state index contributed by atoms with van der Waals surface area (Å²) < 4.78 is 4.82. The number of carbonyl (C=O) groups excluding carboxylic acids is 2. The lowest BCUT2D eigenvalue weighted by molar-refractivity contribution is -0.144. The third-order valence-corrected chi connectivity index (χ3v) is 4.07. The van der Waals surface area contributed by atoms with E-state index in [1.54, 1.807) is 6.92 Å². The van der Waals surface area contributed by atoms with Gasteiger partial charge >= 0.3 is 5.97 Å². The third-order valence-electron chi connectivity index (χ3n) is 4.07. The van der Waals surface area contributed by atoms with Crippen molar-refractivity contribution < 1.29 is 14.3 Å². The summed E-state index contributed by atoms with van der Waals surface area (Å²) >= 11 is 0. The number of amides is 1. The Balaban J connectivity index is 2.53. The maximum atomic E-state index is 12.2. The number of esters is 1. The zero-order chi connectivity index (χ0) is 14.4. The molecule has 0 bridgehead atoms. The molecule has 0 heterocycles. The highest BCUT2D eigenvalue weighted by atomic mass is 16.5. The highest BCUT2D eigenvalue weighted by Gasteiger charge is 2.35. The molecule has 19 heavy (non-hydrogen) atoms. The van der Waals surface area contributed by atoms with Gasteiger partial charge < -0.3 is 10.1 Å². The fourth-order valence-corrected chi connectivity index (χ4v) is 3.01. The monoisotopic (exact) mass is 269 g/mol. The molecule has 1 fully saturated rings. The molecule has 1 aliphatic rings. The standard InChI is InChI=1S/C15H27NO3/c1-5-19-14(17)9-16-15(18)13-8-11(4)6-7-12(13)10(2)3/h10-13H,5-9H2,1-4H3,(H,16,18)/t11?,12-,13+/m0/s1. The summed E-state index contributed by atoms with van der Waals surface area (Å²) in [5.74, 6) is 1.22. The molecule has 3 atom stereocenters. The van der Waals surface area contributed by atoms with Gasteiger partial charge in [0.2, 0.25) is 5.91 Å². The molecule has 1 aliphatic carbocycles. The van der Waals surface area contributed by atoms with E-state index in [1.165, 1.54) is 6.42 Å². The summed E-state index contributed by atoms with van der Waals surface area (Å²) in [5, 5.41) is 2.73. The van der Waals surface area contributed by atoms with Crippen LogP contribution in [-0.4, -0.2) is 25.0 Å². The summed E-state index contributed by atoms with van der Waals surface area (Å²) in [6.45, 7) is 8.64. The Bertz CT molecular complexity index is 315. The van der Waals surface area contributed by atoms with Crippen molar-refractivity contribution in [2.45, 2.75) is 47.0 Å². The molecule has 1 unspecified atom stereocenters. The van der Waals surface area contributed by atoms with Crippen molar-refractivity contribution in [3.63, 3.8) is 0 Å². The van der Waals surface area contributed by atoms with Crippen LogP contribution in [0.1, 0.15) is 47.0 Å². The van der Waals surface area contributed by atoms with E-state index in [0.29, 0.717) is 24.4 Å². The fraction of sp³-hybridized carbons (Fsp3) is 0.867. The van der Waals surface area contributed by atoms with E-state index in [9.17, 15) is 9.59 Å². The first kappa shape index (κ1) is 16.0. The predicted octanol–water partition coefficient (Wildman–Crippen LogP) is 2.37. The van der Waals surface area contributed by atoms with Gasteiger partial charge in [-0.05, 0) is 37.5 Å². The van der Waals surface area contributed by atoms with E-state index < -0.39 is 0 Å². The summed E-state index contributed by atoms with van der Waals surface area (Å²) in [6, 6.07) is 0. The molecular formula is C15H27NO3. The smallest absolute Gasteiger partial charge is 0.325 e. The van der Waals surface area contributed by atoms with Gasteiger partial charge in [0.05, 0.1) is 6.61 Å². The third kappa shape index (κ3) is 4.84. The van der Waals surface area contributed by atoms with Gasteiger partial charge in [-0.3, -0.25) is 9.59 Å². The lowest BCUT2D eigenvalue weighted by Crippen LogP contribution is -2.42. The number of carbonyl (C=O) groups is 2. The highest BCUT2D eigenvalue weighted by Crippen LogP contribution is 2.37. The second-order valence-electron chi connectivity index (χ2n) is 5.96. The molecule has 1 N–H and O–H groups in total. The van der Waals surface area contributed by atoms with Crippen LogP contribution in [0.3, 0.4) is 0 Å². The van der Waals surface area contributed by atoms with Gasteiger partial charge in [-0.1, -0.05) is 27.2 Å². The first-order valence-corrected chi connectivity index (χ1v) is 7.39. The van der Waals surface area contributed by atoms with Crippen LogP contribution in [0, 0.1) is 23.7 Å². The molecule has 1 amide bonds. The largest absolute Gasteiger partial charge is 0.465 e. The second kappa shape index (κ2) is 7.51. The number of hydrogen-bond acceptors (Lipinski definition) is 3. The normalized spacial score (nSPS) is 27.1. The molecule has 0 aromatic carbocycles. The van der Waals surface area contributed by atoms with Gasteiger partial charge in [-0.25, -0.2) is 0 Å². The molecule has 0 aromatic rings. The maximum Gasteiger partial charge on any atom is 0.325 e. The van der Waals surface area contributed by atoms with Crippen LogP contribution in [0.15, 0.2) is 0 Å². The zero-order valence-electron chi connectivity index (χ0n) is 12.6. The first-order chi connectivity index (χ1) is 8.95. The molecule has 110 valence electrons. The highest BCUT2D eigenvalue weighted by molar-refractivity contribution is 5.83. The number of nitrogens with one attached hydrogen (secondary N) is 1. The van der Waals surface area contributed by atoms with Crippen molar-refractivity contribution in [3.8, 4) is 0 Å². The zero-order valence-corrected chi connectivity index (χ0v) is 12.6. The Morgan fingerprint density at radius 1 is 1.32 bits per heavy atom. The quantitative estimate of drug-likeness (QED) is 0.780. The Morgan fingerprint density at radius 2 is 2.00 bits per heavy atom. The molecule has 0 saturated heterocycles. The molecule has 4 heteroatoms. The molecule has 0 aromatic heterocycles. The lowest BCUT2D eigenvalue weighted by atomic mass is 9.70. The van der Waals surface area contributed by atoms with Crippen molar-refractivity contribution in [1.29, 1.82) is 0 Å². The van der Waals surface area contributed by atoms with Crippen LogP contribution >= 0.6 is 0 Å². The van der Waals surface area contributed by atoms with E-state index in [-0.39, 0.29) is 24.3 Å². The summed E-state index contributed by atoms with van der Waals surface area (Å²) in [7, 11) is 0. The van der Waals surface area contributed by atoms with E-state index in [0.717, 1.165) is 12.8 Å². The van der Waals surface area contributed by atoms with Crippen LogP contribution in [0.4, 0.5) is 0 Å². The predicted molar refractivity (Wildman–Crippen MR) is 74.5 cm³/mol. The van der Waals surface area contributed by atoms with E-state index in [1.807, 2.05) is 0 Å². The molecule has 0 radical (unpaired) electrons. The Kier molecular flexibility index (Phi) is 6.32. The maximum absolute atomic E-state index is 12.2. The van der Waals surface area contributed by atoms with E-state index in [2.05, 4.69) is 26.1 Å². The minimum Gasteiger partial charge on any atom is -0.465 e. The molecule has 0 spiro atoms. The summed E-state index contributed by atoms with van der Waals surface area (Å²) in [5.41, 5.74) is 0. The lowest BCUT2D eigenvalue weighted by Gasteiger charge is -2.36. The van der Waals surface area contributed by atoms with Crippen LogP contribution in [0.5, 0.6) is 0 Å². The van der Waals surface area contributed by atoms with Crippen LogP contribution in [-0.2, 0) is 14.3 Å². The van der Waals surface area contributed by atoms with Crippen molar-refractivity contribution in [3.05, 3.63) is 0 Å². The van der Waals surface area contributed by atoms with Gasteiger partial charge in [0.1, 0.15) is 6.54 Å².